The molecule has 0 aliphatic heterocycles. The number of carbonyl (C=O) groups is 3. The van der Waals surface area contributed by atoms with E-state index in [4.69, 9.17) is 15.2 Å². The zero-order valence-electron chi connectivity index (χ0n) is 13.8. The Bertz CT molecular complexity index is 801. The number of rotatable bonds is 5. The summed E-state index contributed by atoms with van der Waals surface area (Å²) in [5.41, 5.74) is 6.15. The summed E-state index contributed by atoms with van der Waals surface area (Å²) in [6.07, 6.45) is 0.101. The third-order valence-corrected chi connectivity index (χ3v) is 3.25. The Hall–Kier alpha value is -3.35. The minimum Gasteiger partial charge on any atom is -0.465 e. The molecular formula is C18H17NO6. The van der Waals surface area contributed by atoms with Gasteiger partial charge in [0.15, 0.2) is 11.5 Å². The first-order valence-corrected chi connectivity index (χ1v) is 7.46. The first kappa shape index (κ1) is 18.0. The van der Waals surface area contributed by atoms with Crippen molar-refractivity contribution in [2.24, 2.45) is 0 Å². The maximum Gasteiger partial charge on any atom is 0.343 e. The molecule has 0 aliphatic carbocycles. The summed E-state index contributed by atoms with van der Waals surface area (Å²) >= 11 is 0. The highest BCUT2D eigenvalue weighted by molar-refractivity contribution is 5.97. The Balaban J connectivity index is 2.40. The highest BCUT2D eigenvalue weighted by Crippen LogP contribution is 2.33. The van der Waals surface area contributed by atoms with E-state index < -0.39 is 17.9 Å². The molecule has 25 heavy (non-hydrogen) atoms. The van der Waals surface area contributed by atoms with Crippen LogP contribution in [0.5, 0.6) is 11.5 Å². The lowest BCUT2D eigenvalue weighted by atomic mass is 10.1. The van der Waals surface area contributed by atoms with Crippen molar-refractivity contribution in [3.8, 4) is 11.5 Å². The molecule has 0 atom stereocenters. The van der Waals surface area contributed by atoms with Gasteiger partial charge in [0.2, 0.25) is 0 Å². The predicted octanol–water partition coefficient (Wildman–Crippen LogP) is 2.59. The number of methoxy groups -OCH3 is 1. The molecule has 0 aromatic heterocycles. The Morgan fingerprint density at radius 2 is 1.60 bits per heavy atom. The lowest BCUT2D eigenvalue weighted by Crippen LogP contribution is -2.14. The molecule has 2 rings (SSSR count). The average molecular weight is 343 g/mol. The van der Waals surface area contributed by atoms with Crippen molar-refractivity contribution < 1.29 is 28.6 Å². The van der Waals surface area contributed by atoms with Crippen LogP contribution in [0.1, 0.15) is 34.1 Å². The molecule has 7 nitrogen and oxygen atoms in total. The van der Waals surface area contributed by atoms with Crippen LogP contribution >= 0.6 is 0 Å². The molecule has 7 heteroatoms. The van der Waals surface area contributed by atoms with Gasteiger partial charge in [-0.05, 0) is 12.1 Å². The number of benzene rings is 2. The monoisotopic (exact) mass is 343 g/mol. The Kier molecular flexibility index (Phi) is 5.73. The third-order valence-electron chi connectivity index (χ3n) is 3.25. The maximum atomic E-state index is 12.2. The first-order valence-electron chi connectivity index (χ1n) is 7.46. The Morgan fingerprint density at radius 3 is 2.20 bits per heavy atom. The minimum atomic E-state index is -0.702. The van der Waals surface area contributed by atoms with Crippen molar-refractivity contribution in [3.63, 3.8) is 0 Å². The second-order valence-corrected chi connectivity index (χ2v) is 4.96. The van der Waals surface area contributed by atoms with Crippen molar-refractivity contribution in [1.29, 1.82) is 0 Å². The number of hydrogen-bond donors (Lipinski definition) is 1. The molecule has 0 saturated carbocycles. The van der Waals surface area contributed by atoms with E-state index in [-0.39, 0.29) is 29.2 Å². The molecule has 0 heterocycles. The summed E-state index contributed by atoms with van der Waals surface area (Å²) < 4.78 is 15.0. The quantitative estimate of drug-likeness (QED) is 0.505. The molecule has 0 bridgehead atoms. The zero-order valence-corrected chi connectivity index (χ0v) is 13.8. The van der Waals surface area contributed by atoms with E-state index in [1.54, 1.807) is 37.3 Å². The van der Waals surface area contributed by atoms with Gasteiger partial charge in [-0.3, -0.25) is 4.79 Å². The summed E-state index contributed by atoms with van der Waals surface area (Å²) in [6, 6.07) is 10.7. The normalized spacial score (nSPS) is 10.0. The highest BCUT2D eigenvalue weighted by atomic mass is 16.6. The summed E-state index contributed by atoms with van der Waals surface area (Å²) in [4.78, 5) is 35.6. The van der Waals surface area contributed by atoms with E-state index in [0.29, 0.717) is 5.56 Å². The molecule has 130 valence electrons. The van der Waals surface area contributed by atoms with Crippen LogP contribution < -0.4 is 15.2 Å². The van der Waals surface area contributed by atoms with Crippen LogP contribution in [0.3, 0.4) is 0 Å². The zero-order chi connectivity index (χ0) is 18.4. The number of ether oxygens (including phenoxy) is 3. The number of hydrogen-bond acceptors (Lipinski definition) is 7. The minimum absolute atomic E-state index is 0.000846. The molecule has 0 amide bonds. The molecule has 0 radical (unpaired) electrons. The second-order valence-electron chi connectivity index (χ2n) is 4.96. The van der Waals surface area contributed by atoms with E-state index in [9.17, 15) is 14.4 Å². The lowest BCUT2D eigenvalue weighted by molar-refractivity contribution is -0.134. The fourth-order valence-corrected chi connectivity index (χ4v) is 1.95. The van der Waals surface area contributed by atoms with Crippen LogP contribution in [0, 0.1) is 0 Å². The van der Waals surface area contributed by atoms with Crippen molar-refractivity contribution in [1.82, 2.24) is 0 Å². The first-order chi connectivity index (χ1) is 12.0. The summed E-state index contributed by atoms with van der Waals surface area (Å²) in [7, 11) is 1.20. The second kappa shape index (κ2) is 7.96. The topological polar surface area (TPSA) is 105 Å². The van der Waals surface area contributed by atoms with Gasteiger partial charge in [-0.15, -0.1) is 0 Å². The maximum absolute atomic E-state index is 12.2. The smallest absolute Gasteiger partial charge is 0.343 e. The van der Waals surface area contributed by atoms with Crippen LogP contribution in [-0.2, 0) is 9.53 Å². The molecule has 0 saturated heterocycles. The average Bonchev–Trinajstić information content (AvgIpc) is 2.63. The number of nitrogen functional groups attached to an aromatic ring is 1. The van der Waals surface area contributed by atoms with Gasteiger partial charge in [0.05, 0.1) is 23.9 Å². The molecule has 0 fully saturated rings. The van der Waals surface area contributed by atoms with Gasteiger partial charge in [0, 0.05) is 18.6 Å². The van der Waals surface area contributed by atoms with Gasteiger partial charge in [0.25, 0.3) is 0 Å². The van der Waals surface area contributed by atoms with Crippen molar-refractivity contribution in [2.75, 3.05) is 12.8 Å². The van der Waals surface area contributed by atoms with Gasteiger partial charge in [-0.25, -0.2) is 9.59 Å². The van der Waals surface area contributed by atoms with Crippen LogP contribution in [0.4, 0.5) is 5.69 Å². The largest absolute Gasteiger partial charge is 0.465 e. The number of esters is 3. The van der Waals surface area contributed by atoms with Crippen molar-refractivity contribution in [2.45, 2.75) is 13.3 Å². The van der Waals surface area contributed by atoms with E-state index >= 15 is 0 Å². The summed E-state index contributed by atoms with van der Waals surface area (Å²) in [6.45, 7) is 1.61. The molecule has 0 aliphatic rings. The fraction of sp³-hybridized carbons (Fsp3) is 0.167. The predicted molar refractivity (Wildman–Crippen MR) is 89.5 cm³/mol. The van der Waals surface area contributed by atoms with E-state index in [1.165, 1.54) is 19.2 Å². The molecule has 0 spiro atoms. The van der Waals surface area contributed by atoms with Crippen molar-refractivity contribution in [3.05, 3.63) is 53.6 Å². The fourth-order valence-electron chi connectivity index (χ4n) is 1.95. The molecule has 2 N–H and O–H groups in total. The summed E-state index contributed by atoms with van der Waals surface area (Å²) in [5, 5.41) is 0. The van der Waals surface area contributed by atoms with Gasteiger partial charge in [0.1, 0.15) is 0 Å². The van der Waals surface area contributed by atoms with Gasteiger partial charge < -0.3 is 19.9 Å². The Morgan fingerprint density at radius 1 is 0.960 bits per heavy atom. The standard InChI is InChI=1S/C18H17NO6/c1-3-16(20)24-14-9-12(18(22)23-2)13(19)10-15(14)25-17(21)11-7-5-4-6-8-11/h4-10H,3,19H2,1-2H3. The molecule has 2 aromatic rings. The molecule has 0 unspecified atom stereocenters. The highest BCUT2D eigenvalue weighted by Gasteiger charge is 2.20. The SMILES string of the molecule is CCC(=O)Oc1cc(C(=O)OC)c(N)cc1OC(=O)c1ccccc1. The number of nitrogens with two attached hydrogens (primary N) is 1. The van der Waals surface area contributed by atoms with E-state index in [0.717, 1.165) is 0 Å². The molecular weight excluding hydrogens is 326 g/mol. The molecule has 2 aromatic carbocycles. The van der Waals surface area contributed by atoms with E-state index in [1.807, 2.05) is 0 Å². The number of anilines is 1. The van der Waals surface area contributed by atoms with Gasteiger partial charge >= 0.3 is 17.9 Å². The lowest BCUT2D eigenvalue weighted by Gasteiger charge is -2.13. The van der Waals surface area contributed by atoms with Crippen LogP contribution in [-0.4, -0.2) is 25.0 Å². The Labute approximate surface area is 144 Å². The van der Waals surface area contributed by atoms with Crippen LogP contribution in [0.25, 0.3) is 0 Å². The summed E-state index contributed by atoms with van der Waals surface area (Å²) in [5.74, 6) is -2.07. The van der Waals surface area contributed by atoms with Crippen LogP contribution in [0.2, 0.25) is 0 Å². The van der Waals surface area contributed by atoms with E-state index in [2.05, 4.69) is 4.74 Å². The van der Waals surface area contributed by atoms with Crippen LogP contribution in [0.15, 0.2) is 42.5 Å². The van der Waals surface area contributed by atoms with Gasteiger partial charge in [-0.1, -0.05) is 25.1 Å². The number of carbonyl (C=O) groups excluding carboxylic acids is 3. The third kappa shape index (κ3) is 4.35. The van der Waals surface area contributed by atoms with Gasteiger partial charge in [-0.2, -0.15) is 0 Å². The van der Waals surface area contributed by atoms with Crippen molar-refractivity contribution >= 4 is 23.6 Å².